The Hall–Kier alpha value is -3.41. The van der Waals surface area contributed by atoms with Gasteiger partial charge in [0.15, 0.2) is 0 Å². The molecule has 1 aliphatic carbocycles. The van der Waals surface area contributed by atoms with Crippen LogP contribution in [0.1, 0.15) is 100 Å². The lowest BCUT2D eigenvalue weighted by Gasteiger charge is -2.28. The smallest absolute Gasteiger partial charge is 0.330 e. The lowest BCUT2D eigenvalue weighted by molar-refractivity contribution is -0.133. The first-order valence-electron chi connectivity index (χ1n) is 12.9. The Labute approximate surface area is 229 Å². The summed E-state index contributed by atoms with van der Waals surface area (Å²) < 4.78 is 0. The molecule has 0 aromatic heterocycles. The highest BCUT2D eigenvalue weighted by Crippen LogP contribution is 2.39. The predicted molar refractivity (Wildman–Crippen MR) is 158 cm³/mol. The van der Waals surface area contributed by atoms with Gasteiger partial charge in [-0.15, -0.1) is 0 Å². The van der Waals surface area contributed by atoms with Gasteiger partial charge in [-0.05, 0) is 93.5 Å². The molecule has 6 heteroatoms. The Morgan fingerprint density at radius 2 is 1.24 bits per heavy atom. The van der Waals surface area contributed by atoms with Gasteiger partial charge in [0.1, 0.15) is 0 Å². The maximum Gasteiger partial charge on any atom is 0.330 e. The summed E-state index contributed by atoms with van der Waals surface area (Å²) in [4.78, 5) is 28.8. The summed E-state index contributed by atoms with van der Waals surface area (Å²) in [5.41, 5.74) is 8.09. The third-order valence-electron chi connectivity index (χ3n) is 5.96. The van der Waals surface area contributed by atoms with Gasteiger partial charge >= 0.3 is 17.9 Å². The quantitative estimate of drug-likeness (QED) is 0.308. The molecule has 0 amide bonds. The van der Waals surface area contributed by atoms with Crippen molar-refractivity contribution in [3.8, 4) is 0 Å². The molecule has 0 bridgehead atoms. The monoisotopic (exact) mass is 528 g/mol. The minimum Gasteiger partial charge on any atom is -0.478 e. The van der Waals surface area contributed by atoms with Crippen molar-refractivity contribution < 1.29 is 29.7 Å². The largest absolute Gasteiger partial charge is 0.478 e. The predicted octanol–water partition coefficient (Wildman–Crippen LogP) is 8.13. The van der Waals surface area contributed by atoms with E-state index in [2.05, 4.69) is 66.2 Å². The van der Waals surface area contributed by atoms with Crippen LogP contribution in [-0.4, -0.2) is 33.2 Å². The van der Waals surface area contributed by atoms with Crippen LogP contribution in [0, 0.1) is 19.8 Å². The van der Waals surface area contributed by atoms with Crippen molar-refractivity contribution >= 4 is 24.0 Å². The van der Waals surface area contributed by atoms with E-state index in [0.29, 0.717) is 5.92 Å². The number of carboxylic acid groups (broad SMARTS) is 3. The first-order valence-corrected chi connectivity index (χ1v) is 12.9. The molecule has 212 valence electrons. The molecule has 0 unspecified atom stereocenters. The van der Waals surface area contributed by atoms with Crippen LogP contribution in [0.4, 0.5) is 0 Å². The molecular formula is C32H48O6. The van der Waals surface area contributed by atoms with Crippen molar-refractivity contribution in [2.24, 2.45) is 5.92 Å². The van der Waals surface area contributed by atoms with Gasteiger partial charge in [-0.2, -0.15) is 0 Å². The van der Waals surface area contributed by atoms with E-state index < -0.39 is 17.9 Å². The zero-order valence-corrected chi connectivity index (χ0v) is 24.4. The molecule has 1 aromatic carbocycles. The molecular weight excluding hydrogens is 480 g/mol. The van der Waals surface area contributed by atoms with E-state index in [0.717, 1.165) is 5.92 Å². The number of hydrogen-bond donors (Lipinski definition) is 3. The third-order valence-corrected chi connectivity index (χ3v) is 5.96. The van der Waals surface area contributed by atoms with Crippen LogP contribution in [0.2, 0.25) is 0 Å². The molecule has 0 atom stereocenters. The second kappa shape index (κ2) is 18.8. The second-order valence-corrected chi connectivity index (χ2v) is 10.2. The third kappa shape index (κ3) is 15.0. The normalized spacial score (nSPS) is 12.3. The molecule has 0 saturated heterocycles. The molecule has 0 heterocycles. The number of benzene rings is 1. The zero-order valence-electron chi connectivity index (χ0n) is 24.4. The van der Waals surface area contributed by atoms with Gasteiger partial charge in [-0.3, -0.25) is 0 Å². The average Bonchev–Trinajstić information content (AvgIpc) is 2.82. The van der Waals surface area contributed by atoms with Gasteiger partial charge in [0, 0.05) is 16.7 Å². The SMILES string of the molecule is C=C(C)C(=O)O.C=C(C)C(=O)O.C=C(C)C(=O)O.C=Cc1c(CC(C)C)cc(C)c(C)c1C1CCCCC1. The highest BCUT2D eigenvalue weighted by Gasteiger charge is 2.22. The fraction of sp³-hybridized carbons (Fsp3) is 0.469. The molecule has 0 radical (unpaired) electrons. The maximum absolute atomic E-state index is 9.60. The number of hydrogen-bond acceptors (Lipinski definition) is 3. The topological polar surface area (TPSA) is 112 Å². The van der Waals surface area contributed by atoms with Crippen LogP contribution < -0.4 is 0 Å². The maximum atomic E-state index is 9.60. The number of aryl methyl sites for hydroxylation is 1. The van der Waals surface area contributed by atoms with Crippen molar-refractivity contribution in [1.82, 2.24) is 0 Å². The lowest BCUT2D eigenvalue weighted by atomic mass is 9.77. The molecule has 2 rings (SSSR count). The van der Waals surface area contributed by atoms with Gasteiger partial charge < -0.3 is 15.3 Å². The van der Waals surface area contributed by atoms with Gasteiger partial charge in [-0.25, -0.2) is 14.4 Å². The van der Waals surface area contributed by atoms with Crippen molar-refractivity contribution in [2.75, 3.05) is 0 Å². The van der Waals surface area contributed by atoms with Crippen molar-refractivity contribution in [3.05, 3.63) is 76.9 Å². The fourth-order valence-electron chi connectivity index (χ4n) is 3.80. The van der Waals surface area contributed by atoms with Crippen LogP contribution in [0.5, 0.6) is 0 Å². The minimum absolute atomic E-state index is 0.176. The van der Waals surface area contributed by atoms with Crippen LogP contribution in [0.15, 0.2) is 49.1 Å². The lowest BCUT2D eigenvalue weighted by Crippen LogP contribution is -2.11. The minimum atomic E-state index is -0.935. The molecule has 38 heavy (non-hydrogen) atoms. The van der Waals surface area contributed by atoms with Gasteiger partial charge in [0.2, 0.25) is 0 Å². The molecule has 0 spiro atoms. The van der Waals surface area contributed by atoms with E-state index >= 15 is 0 Å². The molecule has 1 saturated carbocycles. The summed E-state index contributed by atoms with van der Waals surface area (Å²) in [6.45, 7) is 27.1. The second-order valence-electron chi connectivity index (χ2n) is 10.2. The first-order chi connectivity index (χ1) is 17.5. The summed E-state index contributed by atoms with van der Waals surface area (Å²) >= 11 is 0. The first kappa shape index (κ1) is 36.7. The Bertz CT molecular complexity index is 914. The van der Waals surface area contributed by atoms with E-state index in [1.807, 2.05) is 0 Å². The molecule has 1 fully saturated rings. The molecule has 3 N–H and O–H groups in total. The van der Waals surface area contributed by atoms with Gasteiger partial charge in [0.25, 0.3) is 0 Å². The van der Waals surface area contributed by atoms with Crippen LogP contribution in [0.25, 0.3) is 6.08 Å². The summed E-state index contributed by atoms with van der Waals surface area (Å²) in [6, 6.07) is 2.40. The molecule has 0 aliphatic heterocycles. The molecule has 6 nitrogen and oxygen atoms in total. The van der Waals surface area contributed by atoms with E-state index in [9.17, 15) is 14.4 Å². The van der Waals surface area contributed by atoms with Crippen molar-refractivity contribution in [2.45, 2.75) is 92.9 Å². The number of rotatable bonds is 7. The summed E-state index contributed by atoms with van der Waals surface area (Å²) in [5.74, 6) is -1.34. The van der Waals surface area contributed by atoms with E-state index in [1.165, 1.54) is 81.5 Å². The molecule has 1 aliphatic rings. The standard InChI is InChI=1S/C20H30.3C4H6O2/c1-6-19-18(12-14(2)3)13-15(4)16(5)20(19)17-10-8-7-9-11-17;3*1-3(2)4(5)6/h6,13-14,17H,1,7-12H2,2-5H3;3*1H2,2H3,(H,5,6). The number of carboxylic acids is 3. The zero-order chi connectivity index (χ0) is 30.2. The van der Waals surface area contributed by atoms with Crippen LogP contribution in [-0.2, 0) is 20.8 Å². The van der Waals surface area contributed by atoms with E-state index in [1.54, 1.807) is 5.56 Å². The summed E-state index contributed by atoms with van der Waals surface area (Å²) in [7, 11) is 0. The van der Waals surface area contributed by atoms with E-state index in [-0.39, 0.29) is 16.7 Å². The van der Waals surface area contributed by atoms with Crippen LogP contribution >= 0.6 is 0 Å². The summed E-state index contributed by atoms with van der Waals surface area (Å²) in [6.07, 6.45) is 10.2. The van der Waals surface area contributed by atoms with Crippen molar-refractivity contribution in [3.63, 3.8) is 0 Å². The van der Waals surface area contributed by atoms with Gasteiger partial charge in [0.05, 0.1) is 0 Å². The Kier molecular flexibility index (Phi) is 18.2. The van der Waals surface area contributed by atoms with Crippen molar-refractivity contribution in [1.29, 1.82) is 0 Å². The fourth-order valence-corrected chi connectivity index (χ4v) is 3.80. The van der Waals surface area contributed by atoms with Crippen LogP contribution in [0.3, 0.4) is 0 Å². The Morgan fingerprint density at radius 1 is 0.868 bits per heavy atom. The Morgan fingerprint density at radius 3 is 1.53 bits per heavy atom. The van der Waals surface area contributed by atoms with Gasteiger partial charge in [-0.1, -0.05) is 71.6 Å². The highest BCUT2D eigenvalue weighted by molar-refractivity contribution is 5.85. The average molecular weight is 529 g/mol. The number of carbonyl (C=O) groups is 3. The Balaban J connectivity index is 0. The number of aliphatic carboxylic acids is 3. The summed E-state index contributed by atoms with van der Waals surface area (Å²) in [5, 5.41) is 23.7. The highest BCUT2D eigenvalue weighted by atomic mass is 16.4. The van der Waals surface area contributed by atoms with E-state index in [4.69, 9.17) is 15.3 Å². The molecule has 1 aromatic rings.